The summed E-state index contributed by atoms with van der Waals surface area (Å²) in [6.07, 6.45) is 1.59. The van der Waals surface area contributed by atoms with Crippen molar-refractivity contribution in [3.05, 3.63) is 57.8 Å². The summed E-state index contributed by atoms with van der Waals surface area (Å²) >= 11 is 0. The molecule has 0 saturated carbocycles. The topological polar surface area (TPSA) is 97.6 Å². The van der Waals surface area contributed by atoms with Crippen LogP contribution in [-0.2, 0) is 6.54 Å². The molecule has 2 aromatic rings. The molecule has 0 aliphatic heterocycles. The van der Waals surface area contributed by atoms with Gasteiger partial charge in [-0.25, -0.2) is 4.98 Å². The van der Waals surface area contributed by atoms with Crippen molar-refractivity contribution >= 4 is 17.3 Å². The van der Waals surface area contributed by atoms with Gasteiger partial charge in [0.15, 0.2) is 0 Å². The number of methoxy groups -OCH3 is 1. The largest absolute Gasteiger partial charge is 0.481 e. The molecule has 0 aliphatic rings. The van der Waals surface area contributed by atoms with E-state index in [-0.39, 0.29) is 17.8 Å². The predicted octanol–water partition coefficient (Wildman–Crippen LogP) is 1.99. The summed E-state index contributed by atoms with van der Waals surface area (Å²) in [5.74, 6) is 0.0120. The predicted molar refractivity (Wildman–Crippen MR) is 89.4 cm³/mol. The summed E-state index contributed by atoms with van der Waals surface area (Å²) in [5.41, 5.74) is 1.41. The highest BCUT2D eigenvalue weighted by Crippen LogP contribution is 2.24. The van der Waals surface area contributed by atoms with Crippen molar-refractivity contribution in [2.75, 3.05) is 26.1 Å². The van der Waals surface area contributed by atoms with Gasteiger partial charge in [-0.1, -0.05) is 6.07 Å². The number of nitro groups is 1. The number of hydrogen-bond donors (Lipinski definition) is 1. The van der Waals surface area contributed by atoms with E-state index < -0.39 is 10.8 Å². The van der Waals surface area contributed by atoms with Crippen LogP contribution in [-0.4, -0.2) is 37.0 Å². The first kappa shape index (κ1) is 17.2. The van der Waals surface area contributed by atoms with Gasteiger partial charge in [-0.05, 0) is 12.1 Å². The van der Waals surface area contributed by atoms with Crippen molar-refractivity contribution in [3.8, 4) is 5.88 Å². The van der Waals surface area contributed by atoms with Gasteiger partial charge in [-0.3, -0.25) is 14.9 Å². The number of nitrogens with zero attached hydrogens (tertiary/aromatic N) is 3. The number of amides is 1. The van der Waals surface area contributed by atoms with E-state index >= 15 is 0 Å². The molecule has 2 rings (SSSR count). The number of anilines is 1. The fourth-order valence-corrected chi connectivity index (χ4v) is 2.22. The number of ether oxygens (including phenoxy) is 1. The number of non-ortho nitro benzene ring substituents is 1. The third-order valence-electron chi connectivity index (χ3n) is 3.40. The molecule has 8 nitrogen and oxygen atoms in total. The Hall–Kier alpha value is -3.16. The average molecular weight is 330 g/mol. The van der Waals surface area contributed by atoms with E-state index in [1.807, 2.05) is 0 Å². The van der Waals surface area contributed by atoms with Gasteiger partial charge >= 0.3 is 0 Å². The van der Waals surface area contributed by atoms with Crippen molar-refractivity contribution in [2.45, 2.75) is 6.54 Å². The molecule has 126 valence electrons. The zero-order chi connectivity index (χ0) is 17.7. The fraction of sp³-hybridized carbons (Fsp3) is 0.250. The van der Waals surface area contributed by atoms with E-state index in [0.29, 0.717) is 17.1 Å². The van der Waals surface area contributed by atoms with Gasteiger partial charge in [0.2, 0.25) is 5.88 Å². The summed E-state index contributed by atoms with van der Waals surface area (Å²) in [7, 11) is 5.03. The Kier molecular flexibility index (Phi) is 5.31. The first-order chi connectivity index (χ1) is 11.4. The van der Waals surface area contributed by atoms with Crippen LogP contribution in [0.5, 0.6) is 5.88 Å². The minimum Gasteiger partial charge on any atom is -0.481 e. The molecule has 24 heavy (non-hydrogen) atoms. The van der Waals surface area contributed by atoms with Crippen molar-refractivity contribution in [2.24, 2.45) is 0 Å². The quantitative estimate of drug-likeness (QED) is 0.642. The maximum atomic E-state index is 12.5. The lowest BCUT2D eigenvalue weighted by Gasteiger charge is -2.17. The van der Waals surface area contributed by atoms with E-state index in [2.05, 4.69) is 10.3 Å². The van der Waals surface area contributed by atoms with Crippen LogP contribution in [0.2, 0.25) is 0 Å². The summed E-state index contributed by atoms with van der Waals surface area (Å²) in [4.78, 5) is 28.7. The Labute approximate surface area is 139 Å². The average Bonchev–Trinajstić information content (AvgIpc) is 2.59. The van der Waals surface area contributed by atoms with Gasteiger partial charge in [-0.15, -0.1) is 0 Å². The number of nitro benzene ring substituents is 1. The lowest BCUT2D eigenvalue weighted by atomic mass is 10.1. The summed E-state index contributed by atoms with van der Waals surface area (Å²) < 4.78 is 5.14. The summed E-state index contributed by atoms with van der Waals surface area (Å²) in [5, 5.41) is 13.7. The number of nitrogens with one attached hydrogen (secondary N) is 1. The minimum absolute atomic E-state index is 0.135. The molecular formula is C16H18N4O4. The van der Waals surface area contributed by atoms with Crippen LogP contribution in [0.1, 0.15) is 15.9 Å². The molecule has 1 aromatic carbocycles. The second kappa shape index (κ2) is 7.40. The monoisotopic (exact) mass is 330 g/mol. The van der Waals surface area contributed by atoms with Crippen LogP contribution in [0, 0.1) is 10.1 Å². The second-order valence-corrected chi connectivity index (χ2v) is 5.21. The molecule has 0 bridgehead atoms. The highest BCUT2D eigenvalue weighted by molar-refractivity contribution is 6.00. The van der Waals surface area contributed by atoms with Crippen molar-refractivity contribution < 1.29 is 14.5 Å². The van der Waals surface area contributed by atoms with Crippen molar-refractivity contribution in [1.82, 2.24) is 10.3 Å². The number of carbonyl (C=O) groups is 1. The lowest BCUT2D eigenvalue weighted by molar-refractivity contribution is -0.384. The number of benzene rings is 1. The molecule has 1 amide bonds. The van der Waals surface area contributed by atoms with Crippen LogP contribution in [0.3, 0.4) is 0 Å². The van der Waals surface area contributed by atoms with Gasteiger partial charge in [0.25, 0.3) is 11.6 Å². The molecule has 0 radical (unpaired) electrons. The molecule has 1 heterocycles. The normalized spacial score (nSPS) is 10.1. The molecule has 0 fully saturated rings. The Morgan fingerprint density at radius 1 is 1.38 bits per heavy atom. The summed E-state index contributed by atoms with van der Waals surface area (Å²) in [6.45, 7) is 0.200. The zero-order valence-corrected chi connectivity index (χ0v) is 13.6. The molecule has 0 aliphatic carbocycles. The van der Waals surface area contributed by atoms with Crippen molar-refractivity contribution in [1.29, 1.82) is 0 Å². The molecule has 1 N–H and O–H groups in total. The number of aromatic nitrogens is 1. The second-order valence-electron chi connectivity index (χ2n) is 5.21. The Bertz CT molecular complexity index is 761. The van der Waals surface area contributed by atoms with E-state index in [1.165, 1.54) is 19.2 Å². The number of pyridine rings is 1. The SMILES string of the molecule is COc1ncccc1CNC(=O)c1cc([N+](=O)[O-])ccc1N(C)C. The first-order valence-corrected chi connectivity index (χ1v) is 7.16. The maximum Gasteiger partial charge on any atom is 0.270 e. The lowest BCUT2D eigenvalue weighted by Crippen LogP contribution is -2.25. The molecule has 0 unspecified atom stereocenters. The van der Waals surface area contributed by atoms with Gasteiger partial charge < -0.3 is 15.0 Å². The number of rotatable bonds is 6. The van der Waals surface area contributed by atoms with Crippen LogP contribution in [0.15, 0.2) is 36.5 Å². The minimum atomic E-state index is -0.527. The van der Waals surface area contributed by atoms with Gasteiger partial charge in [0.1, 0.15) is 0 Å². The molecule has 0 atom stereocenters. The molecule has 0 spiro atoms. The Balaban J connectivity index is 2.25. The highest BCUT2D eigenvalue weighted by Gasteiger charge is 2.18. The molecule has 0 saturated heterocycles. The fourth-order valence-electron chi connectivity index (χ4n) is 2.22. The van der Waals surface area contributed by atoms with Crippen LogP contribution >= 0.6 is 0 Å². The number of carbonyl (C=O) groups excluding carboxylic acids is 1. The van der Waals surface area contributed by atoms with Gasteiger partial charge in [-0.2, -0.15) is 0 Å². The van der Waals surface area contributed by atoms with Crippen LogP contribution < -0.4 is 15.0 Å². The zero-order valence-electron chi connectivity index (χ0n) is 13.6. The number of hydrogen-bond acceptors (Lipinski definition) is 6. The van der Waals surface area contributed by atoms with Gasteiger partial charge in [0, 0.05) is 50.2 Å². The molecule has 8 heteroatoms. The first-order valence-electron chi connectivity index (χ1n) is 7.16. The van der Waals surface area contributed by atoms with Crippen molar-refractivity contribution in [3.63, 3.8) is 0 Å². The van der Waals surface area contributed by atoms with E-state index in [1.54, 1.807) is 43.4 Å². The van der Waals surface area contributed by atoms with Gasteiger partial charge in [0.05, 0.1) is 17.6 Å². The highest BCUT2D eigenvalue weighted by atomic mass is 16.6. The van der Waals surface area contributed by atoms with Crippen LogP contribution in [0.4, 0.5) is 11.4 Å². The third kappa shape index (κ3) is 3.78. The smallest absolute Gasteiger partial charge is 0.270 e. The Morgan fingerprint density at radius 3 is 2.75 bits per heavy atom. The van der Waals surface area contributed by atoms with E-state index in [0.717, 1.165) is 0 Å². The summed E-state index contributed by atoms with van der Waals surface area (Å²) in [6, 6.07) is 7.72. The molecule has 1 aromatic heterocycles. The Morgan fingerprint density at radius 2 is 2.12 bits per heavy atom. The van der Waals surface area contributed by atoms with E-state index in [4.69, 9.17) is 4.74 Å². The van der Waals surface area contributed by atoms with Crippen LogP contribution in [0.25, 0.3) is 0 Å². The van der Waals surface area contributed by atoms with E-state index in [9.17, 15) is 14.9 Å². The standard InChI is InChI=1S/C16H18N4O4/c1-19(2)14-7-6-12(20(22)23)9-13(14)15(21)18-10-11-5-4-8-17-16(11)24-3/h4-9H,10H2,1-3H3,(H,18,21). The third-order valence-corrected chi connectivity index (χ3v) is 3.40. The maximum absolute atomic E-state index is 12.5. The molecular weight excluding hydrogens is 312 g/mol.